The van der Waals surface area contributed by atoms with Gasteiger partial charge in [-0.05, 0) is 31.4 Å². The molecule has 0 aromatic heterocycles. The average Bonchev–Trinajstić information content (AvgIpc) is 2.50. The normalized spacial score (nSPS) is 28.2. The van der Waals surface area contributed by atoms with E-state index in [0.29, 0.717) is 0 Å². The van der Waals surface area contributed by atoms with Crippen LogP contribution in [0.15, 0.2) is 18.2 Å². The van der Waals surface area contributed by atoms with Gasteiger partial charge in [0, 0.05) is 24.7 Å². The fourth-order valence-electron chi connectivity index (χ4n) is 3.76. The molecule has 1 heterocycles. The van der Waals surface area contributed by atoms with Crippen LogP contribution in [-0.4, -0.2) is 13.1 Å². The van der Waals surface area contributed by atoms with Crippen molar-refractivity contribution in [2.24, 2.45) is 0 Å². The molecule has 1 nitrogen and oxygen atoms in total. The summed E-state index contributed by atoms with van der Waals surface area (Å²) in [7, 11) is 2.29. The summed E-state index contributed by atoms with van der Waals surface area (Å²) in [5.74, 6) is 0.801. The highest BCUT2D eigenvalue weighted by Crippen LogP contribution is 2.45. The molecule has 0 spiro atoms. The Labute approximate surface area is 105 Å². The summed E-state index contributed by atoms with van der Waals surface area (Å²) in [6.45, 7) is 2.22. The van der Waals surface area contributed by atoms with Gasteiger partial charge in [0.15, 0.2) is 0 Å². The Bertz CT molecular complexity index is 410. The lowest BCUT2D eigenvalue weighted by Gasteiger charge is -2.28. The molecule has 1 aliphatic heterocycles. The maximum Gasteiger partial charge on any atom is 0.0402 e. The van der Waals surface area contributed by atoms with Crippen LogP contribution in [0.1, 0.15) is 55.6 Å². The third-order valence-electron chi connectivity index (χ3n) is 4.69. The second-order valence-electron chi connectivity index (χ2n) is 5.84. The maximum atomic E-state index is 2.55. The fraction of sp³-hybridized carbons (Fsp3) is 0.625. The SMILES string of the molecule is Cc1ccc2c(c1)C1CCCCCCC1N2C. The van der Waals surface area contributed by atoms with Crippen LogP contribution in [0.25, 0.3) is 0 Å². The number of rotatable bonds is 0. The summed E-state index contributed by atoms with van der Waals surface area (Å²) < 4.78 is 0. The van der Waals surface area contributed by atoms with Crippen molar-refractivity contribution in [1.29, 1.82) is 0 Å². The van der Waals surface area contributed by atoms with Crippen molar-refractivity contribution in [3.63, 3.8) is 0 Å². The predicted octanol–water partition coefficient (Wildman–Crippen LogP) is 4.25. The van der Waals surface area contributed by atoms with E-state index in [2.05, 4.69) is 37.1 Å². The minimum Gasteiger partial charge on any atom is -0.371 e. The first-order valence-electron chi connectivity index (χ1n) is 7.11. The number of likely N-dealkylation sites (N-methyl/N-ethyl adjacent to an activating group) is 1. The van der Waals surface area contributed by atoms with E-state index in [1.54, 1.807) is 5.56 Å². The Kier molecular flexibility index (Phi) is 2.85. The van der Waals surface area contributed by atoms with Gasteiger partial charge in [-0.1, -0.05) is 43.4 Å². The van der Waals surface area contributed by atoms with E-state index in [0.717, 1.165) is 12.0 Å². The standard InChI is InChI=1S/C16H23N/c1-12-9-10-16-14(11-12)13-7-5-3-4-6-8-15(13)17(16)2/h9-11,13,15H,3-8H2,1-2H3. The average molecular weight is 229 g/mol. The third-order valence-corrected chi connectivity index (χ3v) is 4.69. The Balaban J connectivity index is 1.98. The fourth-order valence-corrected chi connectivity index (χ4v) is 3.76. The summed E-state index contributed by atoms with van der Waals surface area (Å²) in [6.07, 6.45) is 8.49. The molecule has 17 heavy (non-hydrogen) atoms. The van der Waals surface area contributed by atoms with E-state index < -0.39 is 0 Å². The van der Waals surface area contributed by atoms with Gasteiger partial charge in [-0.3, -0.25) is 0 Å². The smallest absolute Gasteiger partial charge is 0.0402 e. The van der Waals surface area contributed by atoms with Crippen LogP contribution < -0.4 is 4.90 Å². The molecule has 0 saturated heterocycles. The lowest BCUT2D eigenvalue weighted by atomic mass is 9.84. The van der Waals surface area contributed by atoms with Gasteiger partial charge in [0.05, 0.1) is 0 Å². The van der Waals surface area contributed by atoms with Crippen molar-refractivity contribution in [3.05, 3.63) is 29.3 Å². The number of hydrogen-bond acceptors (Lipinski definition) is 1. The van der Waals surface area contributed by atoms with E-state index in [4.69, 9.17) is 0 Å². The number of benzene rings is 1. The lowest BCUT2D eigenvalue weighted by molar-refractivity contribution is 0.413. The number of hydrogen-bond donors (Lipinski definition) is 0. The van der Waals surface area contributed by atoms with Crippen LogP contribution >= 0.6 is 0 Å². The molecule has 1 aromatic carbocycles. The predicted molar refractivity (Wildman–Crippen MR) is 73.8 cm³/mol. The van der Waals surface area contributed by atoms with Crippen LogP contribution in [0.3, 0.4) is 0 Å². The van der Waals surface area contributed by atoms with Crippen LogP contribution in [-0.2, 0) is 0 Å². The molecule has 1 aromatic rings. The highest BCUT2D eigenvalue weighted by atomic mass is 15.2. The molecule has 1 aliphatic carbocycles. The molecule has 2 atom stereocenters. The Morgan fingerprint density at radius 3 is 2.65 bits per heavy atom. The van der Waals surface area contributed by atoms with Crippen LogP contribution in [0.2, 0.25) is 0 Å². The van der Waals surface area contributed by atoms with Gasteiger partial charge in [0.2, 0.25) is 0 Å². The van der Waals surface area contributed by atoms with Crippen molar-refractivity contribution < 1.29 is 0 Å². The minimum absolute atomic E-state index is 0.770. The Morgan fingerprint density at radius 2 is 1.82 bits per heavy atom. The van der Waals surface area contributed by atoms with E-state index in [-0.39, 0.29) is 0 Å². The molecule has 0 radical (unpaired) electrons. The summed E-state index contributed by atoms with van der Waals surface area (Å²) in [5.41, 5.74) is 4.53. The van der Waals surface area contributed by atoms with Gasteiger partial charge < -0.3 is 4.90 Å². The monoisotopic (exact) mass is 229 g/mol. The van der Waals surface area contributed by atoms with Crippen molar-refractivity contribution >= 4 is 5.69 Å². The van der Waals surface area contributed by atoms with Gasteiger partial charge in [-0.15, -0.1) is 0 Å². The molecule has 2 aliphatic rings. The molecule has 2 unspecified atom stereocenters. The molecule has 0 bridgehead atoms. The molecule has 1 heteroatoms. The first-order chi connectivity index (χ1) is 8.27. The molecule has 1 saturated carbocycles. The second kappa shape index (κ2) is 4.36. The van der Waals surface area contributed by atoms with Crippen LogP contribution in [0.5, 0.6) is 0 Å². The number of nitrogens with zero attached hydrogens (tertiary/aromatic N) is 1. The van der Waals surface area contributed by atoms with Crippen molar-refractivity contribution in [2.75, 3.05) is 11.9 Å². The number of anilines is 1. The van der Waals surface area contributed by atoms with Gasteiger partial charge in [-0.25, -0.2) is 0 Å². The van der Waals surface area contributed by atoms with Crippen molar-refractivity contribution in [3.8, 4) is 0 Å². The van der Waals surface area contributed by atoms with Gasteiger partial charge in [0.1, 0.15) is 0 Å². The molecule has 0 amide bonds. The lowest BCUT2D eigenvalue weighted by Crippen LogP contribution is -2.31. The third kappa shape index (κ3) is 1.86. The van der Waals surface area contributed by atoms with Crippen LogP contribution in [0, 0.1) is 6.92 Å². The Hall–Kier alpha value is -0.980. The molecule has 92 valence electrons. The molecular weight excluding hydrogens is 206 g/mol. The summed E-state index contributed by atoms with van der Waals surface area (Å²) in [4.78, 5) is 2.55. The first kappa shape index (κ1) is 11.1. The van der Waals surface area contributed by atoms with Gasteiger partial charge >= 0.3 is 0 Å². The molecule has 3 rings (SSSR count). The van der Waals surface area contributed by atoms with Crippen molar-refractivity contribution in [2.45, 2.75) is 57.4 Å². The summed E-state index contributed by atoms with van der Waals surface area (Å²) in [6, 6.07) is 7.79. The largest absolute Gasteiger partial charge is 0.371 e. The zero-order chi connectivity index (χ0) is 11.8. The highest BCUT2D eigenvalue weighted by molar-refractivity contribution is 5.62. The highest BCUT2D eigenvalue weighted by Gasteiger charge is 2.35. The number of aryl methyl sites for hydroxylation is 1. The van der Waals surface area contributed by atoms with E-state index >= 15 is 0 Å². The quantitative estimate of drug-likeness (QED) is 0.643. The van der Waals surface area contributed by atoms with E-state index in [1.165, 1.54) is 49.8 Å². The maximum absolute atomic E-state index is 2.55. The summed E-state index contributed by atoms with van der Waals surface area (Å²) in [5, 5.41) is 0. The first-order valence-corrected chi connectivity index (χ1v) is 7.11. The second-order valence-corrected chi connectivity index (χ2v) is 5.84. The molecule has 1 fully saturated rings. The van der Waals surface area contributed by atoms with E-state index in [1.807, 2.05) is 0 Å². The zero-order valence-corrected chi connectivity index (χ0v) is 11.1. The number of fused-ring (bicyclic) bond motifs is 3. The summed E-state index contributed by atoms with van der Waals surface area (Å²) >= 11 is 0. The van der Waals surface area contributed by atoms with E-state index in [9.17, 15) is 0 Å². The van der Waals surface area contributed by atoms with Crippen LogP contribution in [0.4, 0.5) is 5.69 Å². The molecule has 0 N–H and O–H groups in total. The minimum atomic E-state index is 0.770. The zero-order valence-electron chi connectivity index (χ0n) is 11.1. The Morgan fingerprint density at radius 1 is 1.06 bits per heavy atom. The molecular formula is C16H23N. The van der Waals surface area contributed by atoms with Gasteiger partial charge in [0.25, 0.3) is 0 Å². The van der Waals surface area contributed by atoms with Gasteiger partial charge in [-0.2, -0.15) is 0 Å². The van der Waals surface area contributed by atoms with Crippen molar-refractivity contribution in [1.82, 2.24) is 0 Å². The topological polar surface area (TPSA) is 3.24 Å².